The maximum Gasteiger partial charge on any atom is 0.291 e. The van der Waals surface area contributed by atoms with Gasteiger partial charge in [-0.3, -0.25) is 9.69 Å². The Balaban J connectivity index is 1.66. The van der Waals surface area contributed by atoms with E-state index in [0.29, 0.717) is 18.4 Å². The van der Waals surface area contributed by atoms with Gasteiger partial charge in [-0.05, 0) is 45.0 Å². The lowest BCUT2D eigenvalue weighted by atomic mass is 10.2. The van der Waals surface area contributed by atoms with Gasteiger partial charge in [-0.1, -0.05) is 25.1 Å². The maximum absolute atomic E-state index is 12.3. The molecule has 6 heteroatoms. The summed E-state index contributed by atoms with van der Waals surface area (Å²) >= 11 is 0. The first kappa shape index (κ1) is 15.7. The van der Waals surface area contributed by atoms with Crippen LogP contribution in [-0.2, 0) is 0 Å². The van der Waals surface area contributed by atoms with E-state index in [1.165, 1.54) is 6.42 Å². The second-order valence-corrected chi connectivity index (χ2v) is 5.86. The van der Waals surface area contributed by atoms with Crippen molar-refractivity contribution in [2.75, 3.05) is 19.6 Å². The van der Waals surface area contributed by atoms with E-state index in [4.69, 9.17) is 0 Å². The summed E-state index contributed by atoms with van der Waals surface area (Å²) in [5.41, 5.74) is 0.907. The minimum Gasteiger partial charge on any atom is -0.348 e. The van der Waals surface area contributed by atoms with Gasteiger partial charge in [-0.2, -0.15) is 0 Å². The summed E-state index contributed by atoms with van der Waals surface area (Å²) < 4.78 is 1.70. The van der Waals surface area contributed by atoms with Crippen molar-refractivity contribution in [3.63, 3.8) is 0 Å². The standard InChI is InChI=1S/C17H23N5O/c1-3-21-11-7-10-15(21)12-18-17(23)16-19-13(2)22(20-16)14-8-5-4-6-9-14/h4-6,8-9,15H,3,7,10-12H2,1-2H3,(H,18,23)/t15-/m0/s1. The van der Waals surface area contributed by atoms with Crippen LogP contribution in [0.1, 0.15) is 36.2 Å². The van der Waals surface area contributed by atoms with Crippen molar-refractivity contribution in [1.82, 2.24) is 25.0 Å². The van der Waals surface area contributed by atoms with Crippen LogP contribution in [0.15, 0.2) is 30.3 Å². The van der Waals surface area contributed by atoms with Crippen LogP contribution < -0.4 is 5.32 Å². The zero-order chi connectivity index (χ0) is 16.2. The van der Waals surface area contributed by atoms with Crippen LogP contribution in [-0.4, -0.2) is 51.2 Å². The Kier molecular flexibility index (Phi) is 4.71. The molecule has 0 spiro atoms. The summed E-state index contributed by atoms with van der Waals surface area (Å²) in [5, 5.41) is 7.32. The number of para-hydroxylation sites is 1. The van der Waals surface area contributed by atoms with Gasteiger partial charge in [0.2, 0.25) is 5.82 Å². The summed E-state index contributed by atoms with van der Waals surface area (Å²) in [6.45, 7) is 6.82. The van der Waals surface area contributed by atoms with Gasteiger partial charge < -0.3 is 5.32 Å². The summed E-state index contributed by atoms with van der Waals surface area (Å²) in [6.07, 6.45) is 2.34. The minimum atomic E-state index is -0.203. The molecule has 6 nitrogen and oxygen atoms in total. The van der Waals surface area contributed by atoms with Gasteiger partial charge in [0.05, 0.1) is 5.69 Å². The Hall–Kier alpha value is -2.21. The van der Waals surface area contributed by atoms with E-state index in [2.05, 4.69) is 27.2 Å². The third-order valence-corrected chi connectivity index (χ3v) is 4.38. The number of aryl methyl sites for hydroxylation is 1. The molecule has 1 N–H and O–H groups in total. The molecule has 0 radical (unpaired) electrons. The highest BCUT2D eigenvalue weighted by atomic mass is 16.2. The second-order valence-electron chi connectivity index (χ2n) is 5.86. The Bertz CT molecular complexity index is 667. The molecule has 3 rings (SSSR count). The molecule has 2 aromatic rings. The zero-order valence-corrected chi connectivity index (χ0v) is 13.7. The molecule has 2 heterocycles. The molecule has 1 amide bonds. The lowest BCUT2D eigenvalue weighted by molar-refractivity contribution is 0.0931. The van der Waals surface area contributed by atoms with Crippen molar-refractivity contribution in [3.05, 3.63) is 42.0 Å². The fraction of sp³-hybridized carbons (Fsp3) is 0.471. The summed E-state index contributed by atoms with van der Waals surface area (Å²) in [6, 6.07) is 10.2. The molecule has 0 unspecified atom stereocenters. The van der Waals surface area contributed by atoms with Gasteiger partial charge in [0.25, 0.3) is 5.91 Å². The highest BCUT2D eigenvalue weighted by Gasteiger charge is 2.24. The number of hydrogen-bond donors (Lipinski definition) is 1. The van der Waals surface area contributed by atoms with E-state index >= 15 is 0 Å². The largest absolute Gasteiger partial charge is 0.348 e. The van der Waals surface area contributed by atoms with Crippen molar-refractivity contribution in [2.45, 2.75) is 32.7 Å². The molecule has 122 valence electrons. The molecule has 1 aromatic carbocycles. The SMILES string of the molecule is CCN1CCC[C@H]1CNC(=O)c1nc(C)n(-c2ccccc2)n1. The van der Waals surface area contributed by atoms with Gasteiger partial charge in [0.15, 0.2) is 0 Å². The number of likely N-dealkylation sites (tertiary alicyclic amines) is 1. The minimum absolute atomic E-state index is 0.203. The number of nitrogens with one attached hydrogen (secondary N) is 1. The van der Waals surface area contributed by atoms with Crippen LogP contribution in [0.5, 0.6) is 0 Å². The number of likely N-dealkylation sites (N-methyl/N-ethyl adjacent to an activating group) is 1. The highest BCUT2D eigenvalue weighted by molar-refractivity contribution is 5.90. The molecule has 0 aliphatic carbocycles. The van der Waals surface area contributed by atoms with Crippen LogP contribution in [0.4, 0.5) is 0 Å². The molecule has 1 aliphatic rings. The highest BCUT2D eigenvalue weighted by Crippen LogP contribution is 2.15. The average Bonchev–Trinajstić information content (AvgIpc) is 3.19. The van der Waals surface area contributed by atoms with Crippen LogP contribution in [0.3, 0.4) is 0 Å². The fourth-order valence-corrected chi connectivity index (χ4v) is 3.13. The predicted octanol–water partition coefficient (Wildman–Crippen LogP) is 1.79. The first-order chi connectivity index (χ1) is 11.2. The molecular formula is C17H23N5O. The molecule has 1 atom stereocenters. The quantitative estimate of drug-likeness (QED) is 0.914. The predicted molar refractivity (Wildman–Crippen MR) is 88.7 cm³/mol. The van der Waals surface area contributed by atoms with E-state index in [1.807, 2.05) is 37.3 Å². The summed E-state index contributed by atoms with van der Waals surface area (Å²) in [4.78, 5) is 19.0. The van der Waals surface area contributed by atoms with Crippen molar-refractivity contribution < 1.29 is 4.79 Å². The Morgan fingerprint density at radius 3 is 2.87 bits per heavy atom. The third kappa shape index (κ3) is 3.42. The Morgan fingerprint density at radius 2 is 2.13 bits per heavy atom. The Labute approximate surface area is 136 Å². The topological polar surface area (TPSA) is 63.1 Å². The molecule has 1 aliphatic heterocycles. The summed E-state index contributed by atoms with van der Waals surface area (Å²) in [7, 11) is 0. The molecule has 1 aromatic heterocycles. The molecule has 0 saturated carbocycles. The number of amides is 1. The number of carbonyl (C=O) groups is 1. The average molecular weight is 313 g/mol. The zero-order valence-electron chi connectivity index (χ0n) is 13.7. The lowest BCUT2D eigenvalue weighted by Crippen LogP contribution is -2.40. The molecular weight excluding hydrogens is 290 g/mol. The van der Waals surface area contributed by atoms with Gasteiger partial charge in [-0.25, -0.2) is 9.67 Å². The van der Waals surface area contributed by atoms with Crippen LogP contribution in [0.25, 0.3) is 5.69 Å². The monoisotopic (exact) mass is 313 g/mol. The van der Waals surface area contributed by atoms with Gasteiger partial charge in [-0.15, -0.1) is 5.10 Å². The summed E-state index contributed by atoms with van der Waals surface area (Å²) in [5.74, 6) is 0.732. The van der Waals surface area contributed by atoms with Crippen LogP contribution >= 0.6 is 0 Å². The molecule has 0 bridgehead atoms. The van der Waals surface area contributed by atoms with Crippen LogP contribution in [0, 0.1) is 6.92 Å². The van der Waals surface area contributed by atoms with Crippen molar-refractivity contribution in [3.8, 4) is 5.69 Å². The van der Waals surface area contributed by atoms with E-state index in [9.17, 15) is 4.79 Å². The fourth-order valence-electron chi connectivity index (χ4n) is 3.13. The number of benzene rings is 1. The number of carbonyl (C=O) groups excluding carboxylic acids is 1. The number of hydrogen-bond acceptors (Lipinski definition) is 4. The molecule has 1 saturated heterocycles. The first-order valence-electron chi connectivity index (χ1n) is 8.20. The number of rotatable bonds is 5. The van der Waals surface area contributed by atoms with E-state index in [1.54, 1.807) is 4.68 Å². The van der Waals surface area contributed by atoms with E-state index in [-0.39, 0.29) is 11.7 Å². The van der Waals surface area contributed by atoms with E-state index < -0.39 is 0 Å². The molecule has 23 heavy (non-hydrogen) atoms. The third-order valence-electron chi connectivity index (χ3n) is 4.38. The first-order valence-corrected chi connectivity index (χ1v) is 8.20. The maximum atomic E-state index is 12.3. The Morgan fingerprint density at radius 1 is 1.35 bits per heavy atom. The number of nitrogens with zero attached hydrogens (tertiary/aromatic N) is 4. The number of aromatic nitrogens is 3. The van der Waals surface area contributed by atoms with Crippen molar-refractivity contribution >= 4 is 5.91 Å². The van der Waals surface area contributed by atoms with Gasteiger partial charge >= 0.3 is 0 Å². The second kappa shape index (κ2) is 6.91. The smallest absolute Gasteiger partial charge is 0.291 e. The van der Waals surface area contributed by atoms with E-state index in [0.717, 1.165) is 25.2 Å². The normalized spacial score (nSPS) is 18.3. The van der Waals surface area contributed by atoms with Gasteiger partial charge in [0, 0.05) is 12.6 Å². The van der Waals surface area contributed by atoms with Crippen LogP contribution in [0.2, 0.25) is 0 Å². The van der Waals surface area contributed by atoms with Crippen molar-refractivity contribution in [2.24, 2.45) is 0 Å². The van der Waals surface area contributed by atoms with Gasteiger partial charge in [0.1, 0.15) is 5.82 Å². The molecule has 1 fully saturated rings. The van der Waals surface area contributed by atoms with Crippen molar-refractivity contribution in [1.29, 1.82) is 0 Å². The lowest BCUT2D eigenvalue weighted by Gasteiger charge is -2.22.